The molecule has 0 amide bonds. The molecule has 0 heterocycles. The van der Waals surface area contributed by atoms with Crippen LogP contribution < -0.4 is 10.1 Å². The molecule has 0 bridgehead atoms. The van der Waals surface area contributed by atoms with Crippen LogP contribution in [0.1, 0.15) is 19.3 Å². The fraction of sp³-hybridized carbons (Fsp3) is 0.538. The standard InChI is InChI=1S/C13H19NO2/c1-14-9-8-13(10-2-3-10)16-12-6-4-11(15)5-7-12/h4-7,10,13-15H,2-3,8-9H2,1H3. The Bertz CT molecular complexity index is 319. The van der Waals surface area contributed by atoms with Gasteiger partial charge in [0, 0.05) is 0 Å². The molecule has 1 aromatic rings. The molecule has 0 saturated heterocycles. The van der Waals surface area contributed by atoms with Gasteiger partial charge in [-0.05, 0) is 63.0 Å². The number of rotatable bonds is 6. The summed E-state index contributed by atoms with van der Waals surface area (Å²) in [5.41, 5.74) is 0. The van der Waals surface area contributed by atoms with Crippen molar-refractivity contribution in [2.75, 3.05) is 13.6 Å². The van der Waals surface area contributed by atoms with Crippen molar-refractivity contribution in [1.82, 2.24) is 5.32 Å². The number of phenols is 1. The molecule has 1 aromatic carbocycles. The number of aromatic hydroxyl groups is 1. The molecule has 1 unspecified atom stereocenters. The first-order chi connectivity index (χ1) is 7.79. The highest BCUT2D eigenvalue weighted by Crippen LogP contribution is 2.36. The Kier molecular flexibility index (Phi) is 3.67. The zero-order valence-electron chi connectivity index (χ0n) is 9.65. The number of hydrogen-bond donors (Lipinski definition) is 2. The van der Waals surface area contributed by atoms with Crippen LogP contribution in [-0.2, 0) is 0 Å². The fourth-order valence-electron chi connectivity index (χ4n) is 1.84. The molecule has 1 fully saturated rings. The third kappa shape index (κ3) is 3.14. The minimum absolute atomic E-state index is 0.283. The summed E-state index contributed by atoms with van der Waals surface area (Å²) < 4.78 is 5.94. The Morgan fingerprint density at radius 2 is 2.06 bits per heavy atom. The van der Waals surface area contributed by atoms with Crippen molar-refractivity contribution < 1.29 is 9.84 Å². The van der Waals surface area contributed by atoms with Gasteiger partial charge in [0.1, 0.15) is 17.6 Å². The normalized spacial score (nSPS) is 17.1. The average molecular weight is 221 g/mol. The maximum absolute atomic E-state index is 9.19. The minimum Gasteiger partial charge on any atom is -0.508 e. The molecule has 1 atom stereocenters. The van der Waals surface area contributed by atoms with Crippen LogP contribution in [-0.4, -0.2) is 24.8 Å². The van der Waals surface area contributed by atoms with E-state index in [1.165, 1.54) is 12.8 Å². The van der Waals surface area contributed by atoms with E-state index < -0.39 is 0 Å². The summed E-state index contributed by atoms with van der Waals surface area (Å²) in [5, 5.41) is 12.3. The van der Waals surface area contributed by atoms with Gasteiger partial charge in [-0.3, -0.25) is 0 Å². The van der Waals surface area contributed by atoms with Gasteiger partial charge in [-0.25, -0.2) is 0 Å². The molecule has 1 aliphatic rings. The highest BCUT2D eigenvalue weighted by molar-refractivity contribution is 5.30. The first kappa shape index (κ1) is 11.3. The zero-order valence-corrected chi connectivity index (χ0v) is 9.65. The van der Waals surface area contributed by atoms with E-state index in [4.69, 9.17) is 4.74 Å². The van der Waals surface area contributed by atoms with Gasteiger partial charge in [0.25, 0.3) is 0 Å². The molecule has 2 rings (SSSR count). The van der Waals surface area contributed by atoms with Gasteiger partial charge in [-0.2, -0.15) is 0 Å². The second-order valence-corrected chi connectivity index (χ2v) is 4.38. The molecule has 0 aromatic heterocycles. The summed E-state index contributed by atoms with van der Waals surface area (Å²) in [5.74, 6) is 1.86. The number of nitrogens with one attached hydrogen (secondary N) is 1. The van der Waals surface area contributed by atoms with Crippen LogP contribution >= 0.6 is 0 Å². The summed E-state index contributed by atoms with van der Waals surface area (Å²) in [6.45, 7) is 0.985. The first-order valence-corrected chi connectivity index (χ1v) is 5.90. The Balaban J connectivity index is 1.91. The number of hydrogen-bond acceptors (Lipinski definition) is 3. The molecule has 1 aliphatic carbocycles. The van der Waals surface area contributed by atoms with E-state index in [2.05, 4.69) is 5.32 Å². The van der Waals surface area contributed by atoms with E-state index in [-0.39, 0.29) is 5.75 Å². The van der Waals surface area contributed by atoms with Crippen molar-refractivity contribution in [3.63, 3.8) is 0 Å². The summed E-state index contributed by atoms with van der Waals surface area (Å²) in [4.78, 5) is 0. The molecule has 2 N–H and O–H groups in total. The molecular formula is C13H19NO2. The van der Waals surface area contributed by atoms with Gasteiger partial charge in [0.15, 0.2) is 0 Å². The summed E-state index contributed by atoms with van der Waals surface area (Å²) in [6.07, 6.45) is 3.93. The molecular weight excluding hydrogens is 202 g/mol. The quantitative estimate of drug-likeness (QED) is 0.773. The highest BCUT2D eigenvalue weighted by Gasteiger charge is 2.32. The van der Waals surface area contributed by atoms with Crippen molar-refractivity contribution in [3.05, 3.63) is 24.3 Å². The number of ether oxygens (including phenoxy) is 1. The van der Waals surface area contributed by atoms with E-state index in [0.29, 0.717) is 6.10 Å². The molecule has 88 valence electrons. The van der Waals surface area contributed by atoms with E-state index in [1.807, 2.05) is 19.2 Å². The van der Waals surface area contributed by atoms with Gasteiger partial charge in [-0.15, -0.1) is 0 Å². The number of phenolic OH excluding ortho intramolecular Hbond substituents is 1. The monoisotopic (exact) mass is 221 g/mol. The smallest absolute Gasteiger partial charge is 0.120 e. The van der Waals surface area contributed by atoms with E-state index >= 15 is 0 Å². The maximum Gasteiger partial charge on any atom is 0.120 e. The van der Waals surface area contributed by atoms with Crippen LogP contribution in [0.25, 0.3) is 0 Å². The SMILES string of the molecule is CNCCC(Oc1ccc(O)cc1)C1CC1. The highest BCUT2D eigenvalue weighted by atomic mass is 16.5. The van der Waals surface area contributed by atoms with Gasteiger partial charge in [-0.1, -0.05) is 0 Å². The third-order valence-electron chi connectivity index (χ3n) is 2.95. The number of benzene rings is 1. The summed E-state index contributed by atoms with van der Waals surface area (Å²) in [7, 11) is 1.96. The van der Waals surface area contributed by atoms with Crippen LogP contribution in [0.2, 0.25) is 0 Å². The molecule has 0 aliphatic heterocycles. The first-order valence-electron chi connectivity index (χ1n) is 5.90. The van der Waals surface area contributed by atoms with Crippen LogP contribution in [0, 0.1) is 5.92 Å². The lowest BCUT2D eigenvalue weighted by Crippen LogP contribution is -2.24. The lowest BCUT2D eigenvalue weighted by Gasteiger charge is -2.18. The van der Waals surface area contributed by atoms with Crippen LogP contribution in [0.15, 0.2) is 24.3 Å². The lowest BCUT2D eigenvalue weighted by molar-refractivity contribution is 0.168. The largest absolute Gasteiger partial charge is 0.508 e. The van der Waals surface area contributed by atoms with Crippen molar-refractivity contribution in [2.24, 2.45) is 5.92 Å². The van der Waals surface area contributed by atoms with Crippen molar-refractivity contribution in [2.45, 2.75) is 25.4 Å². The van der Waals surface area contributed by atoms with E-state index in [9.17, 15) is 5.11 Å². The molecule has 1 saturated carbocycles. The predicted molar refractivity (Wildman–Crippen MR) is 63.8 cm³/mol. The van der Waals surface area contributed by atoms with Crippen molar-refractivity contribution in [3.8, 4) is 11.5 Å². The van der Waals surface area contributed by atoms with E-state index in [1.54, 1.807) is 12.1 Å². The Labute approximate surface area is 96.4 Å². The van der Waals surface area contributed by atoms with E-state index in [0.717, 1.165) is 24.6 Å². The molecule has 0 spiro atoms. The second-order valence-electron chi connectivity index (χ2n) is 4.38. The molecule has 3 nitrogen and oxygen atoms in total. The Morgan fingerprint density at radius 1 is 1.38 bits per heavy atom. The fourth-order valence-corrected chi connectivity index (χ4v) is 1.84. The van der Waals surface area contributed by atoms with Gasteiger partial charge in [0.2, 0.25) is 0 Å². The molecule has 16 heavy (non-hydrogen) atoms. The Hall–Kier alpha value is -1.22. The van der Waals surface area contributed by atoms with Crippen LogP contribution in [0.4, 0.5) is 0 Å². The summed E-state index contributed by atoms with van der Waals surface area (Å²) >= 11 is 0. The summed E-state index contributed by atoms with van der Waals surface area (Å²) in [6, 6.07) is 6.98. The minimum atomic E-state index is 0.283. The van der Waals surface area contributed by atoms with Gasteiger partial charge in [0.05, 0.1) is 0 Å². The van der Waals surface area contributed by atoms with Crippen LogP contribution in [0.3, 0.4) is 0 Å². The van der Waals surface area contributed by atoms with Crippen molar-refractivity contribution >= 4 is 0 Å². The lowest BCUT2D eigenvalue weighted by atomic mass is 10.1. The maximum atomic E-state index is 9.19. The van der Waals surface area contributed by atoms with Gasteiger partial charge >= 0.3 is 0 Å². The van der Waals surface area contributed by atoms with Gasteiger partial charge < -0.3 is 15.2 Å². The Morgan fingerprint density at radius 3 is 2.62 bits per heavy atom. The van der Waals surface area contributed by atoms with Crippen LogP contribution in [0.5, 0.6) is 11.5 Å². The predicted octanol–water partition coefficient (Wildman–Crippen LogP) is 2.16. The topological polar surface area (TPSA) is 41.5 Å². The molecule has 3 heteroatoms. The average Bonchev–Trinajstić information content (AvgIpc) is 3.11. The zero-order chi connectivity index (χ0) is 11.4. The molecule has 0 radical (unpaired) electrons. The second kappa shape index (κ2) is 5.21. The van der Waals surface area contributed by atoms with Crippen molar-refractivity contribution in [1.29, 1.82) is 0 Å². The third-order valence-corrected chi connectivity index (χ3v) is 2.95.